The van der Waals surface area contributed by atoms with Crippen molar-refractivity contribution in [3.63, 3.8) is 0 Å². The first-order valence-electron chi connectivity index (χ1n) is 3.68. The van der Waals surface area contributed by atoms with Crippen LogP contribution in [0.3, 0.4) is 0 Å². The maximum Gasteiger partial charge on any atom is 0.333 e. The van der Waals surface area contributed by atoms with Crippen LogP contribution in [0.25, 0.3) is 0 Å². The summed E-state index contributed by atoms with van der Waals surface area (Å²) in [5.41, 5.74) is 0. The predicted molar refractivity (Wildman–Crippen MR) is 45.1 cm³/mol. The molecule has 0 aromatic carbocycles. The molecule has 0 aromatic rings. The molecule has 0 saturated carbocycles. The second-order valence-electron chi connectivity index (χ2n) is 2.28. The van der Waals surface area contributed by atoms with E-state index >= 15 is 0 Å². The minimum Gasteiger partial charge on any atom is -0.257 e. The van der Waals surface area contributed by atoms with Crippen molar-refractivity contribution in [3.8, 4) is 0 Å². The molecule has 0 N–H and O–H groups in total. The van der Waals surface area contributed by atoms with Gasteiger partial charge in [0.2, 0.25) is 0 Å². The van der Waals surface area contributed by atoms with E-state index in [1.54, 1.807) is 0 Å². The zero-order valence-electron chi connectivity index (χ0n) is 6.55. The molecule has 11 heavy (non-hydrogen) atoms. The lowest BCUT2D eigenvalue weighted by atomic mass is 10.2. The monoisotopic (exact) mass is 177 g/mol. The Morgan fingerprint density at radius 1 is 1.64 bits per heavy atom. The first-order chi connectivity index (χ1) is 5.18. The van der Waals surface area contributed by atoms with Gasteiger partial charge in [-0.15, -0.1) is 0 Å². The molecule has 0 aliphatic carbocycles. The smallest absolute Gasteiger partial charge is 0.257 e. The van der Waals surface area contributed by atoms with Crippen molar-refractivity contribution in [1.82, 2.24) is 0 Å². The number of rotatable bonds is 5. The summed E-state index contributed by atoms with van der Waals surface area (Å²) < 4.78 is 0. The molecule has 64 valence electrons. The van der Waals surface area contributed by atoms with Crippen LogP contribution in [0.5, 0.6) is 0 Å². The Kier molecular flexibility index (Phi) is 5.84. The molecule has 0 unspecified atom stereocenters. The average Bonchev–Trinajstić information content (AvgIpc) is 1.97. The lowest BCUT2D eigenvalue weighted by Crippen LogP contribution is -1.90. The lowest BCUT2D eigenvalue weighted by molar-refractivity contribution is -0.412. The van der Waals surface area contributed by atoms with Crippen LogP contribution in [0.1, 0.15) is 32.6 Å². The van der Waals surface area contributed by atoms with E-state index in [0.717, 1.165) is 19.3 Å². The van der Waals surface area contributed by atoms with E-state index in [-0.39, 0.29) is 5.16 Å². The quantitative estimate of drug-likeness (QED) is 0.281. The summed E-state index contributed by atoms with van der Waals surface area (Å²) >= 11 is 5.26. The fraction of sp³-hybridized carbons (Fsp3) is 0.714. The molecule has 0 atom stereocenters. The molecule has 0 heterocycles. The highest BCUT2D eigenvalue weighted by Gasteiger charge is 2.02. The first-order valence-corrected chi connectivity index (χ1v) is 4.06. The van der Waals surface area contributed by atoms with Gasteiger partial charge in [-0.2, -0.15) is 0 Å². The van der Waals surface area contributed by atoms with Crippen LogP contribution in [-0.4, -0.2) is 4.92 Å². The maximum atomic E-state index is 9.97. The molecule has 0 rings (SSSR count). The largest absolute Gasteiger partial charge is 0.333 e. The number of unbranched alkanes of at least 4 members (excludes halogenated alkanes) is 3. The van der Waals surface area contributed by atoms with Gasteiger partial charge in [-0.1, -0.05) is 19.8 Å². The highest BCUT2D eigenvalue weighted by molar-refractivity contribution is 6.27. The standard InChI is InChI=1S/C7H12ClNO2/c1-2-3-4-5-6-7(8)9(10)11/h6H,2-5H2,1H3/b7-6+. The van der Waals surface area contributed by atoms with E-state index < -0.39 is 4.92 Å². The molecule has 0 aliphatic rings. The summed E-state index contributed by atoms with van der Waals surface area (Å²) in [5, 5.41) is 9.71. The summed E-state index contributed by atoms with van der Waals surface area (Å²) in [4.78, 5) is 9.39. The Balaban J connectivity index is 3.48. The van der Waals surface area contributed by atoms with E-state index in [2.05, 4.69) is 6.92 Å². The average molecular weight is 178 g/mol. The summed E-state index contributed by atoms with van der Waals surface area (Å²) in [6, 6.07) is 0. The molecule has 4 heteroatoms. The molecule has 0 amide bonds. The third-order valence-electron chi connectivity index (χ3n) is 1.29. The Morgan fingerprint density at radius 3 is 2.73 bits per heavy atom. The summed E-state index contributed by atoms with van der Waals surface area (Å²) in [5.74, 6) is 0. The van der Waals surface area contributed by atoms with E-state index in [9.17, 15) is 10.1 Å². The van der Waals surface area contributed by atoms with Gasteiger partial charge in [0.1, 0.15) is 0 Å². The second kappa shape index (κ2) is 6.16. The van der Waals surface area contributed by atoms with E-state index in [0.29, 0.717) is 6.42 Å². The predicted octanol–water partition coefficient (Wildman–Crippen LogP) is 2.92. The van der Waals surface area contributed by atoms with Crippen molar-refractivity contribution in [2.75, 3.05) is 0 Å². The minimum absolute atomic E-state index is 0.263. The fourth-order valence-corrected chi connectivity index (χ4v) is 0.799. The number of nitrogens with zero attached hydrogens (tertiary/aromatic N) is 1. The Bertz CT molecular complexity index is 157. The Hall–Kier alpha value is -0.570. The van der Waals surface area contributed by atoms with Gasteiger partial charge in [-0.05, 0) is 24.4 Å². The lowest BCUT2D eigenvalue weighted by Gasteiger charge is -1.90. The van der Waals surface area contributed by atoms with Crippen LogP contribution >= 0.6 is 11.6 Å². The van der Waals surface area contributed by atoms with Crippen molar-refractivity contribution < 1.29 is 4.92 Å². The van der Waals surface area contributed by atoms with Gasteiger partial charge in [0.25, 0.3) is 0 Å². The zero-order valence-corrected chi connectivity index (χ0v) is 7.30. The molecule has 0 radical (unpaired) electrons. The van der Waals surface area contributed by atoms with Crippen LogP contribution in [0, 0.1) is 10.1 Å². The van der Waals surface area contributed by atoms with Crippen molar-refractivity contribution in [2.24, 2.45) is 0 Å². The first kappa shape index (κ1) is 10.4. The fourth-order valence-electron chi connectivity index (χ4n) is 0.690. The zero-order chi connectivity index (χ0) is 8.69. The highest BCUT2D eigenvalue weighted by Crippen LogP contribution is 2.06. The third-order valence-corrected chi connectivity index (χ3v) is 1.59. The molecule has 3 nitrogen and oxygen atoms in total. The summed E-state index contributed by atoms with van der Waals surface area (Å²) in [6.07, 6.45) is 5.34. The topological polar surface area (TPSA) is 43.1 Å². The van der Waals surface area contributed by atoms with Crippen molar-refractivity contribution in [3.05, 3.63) is 21.3 Å². The van der Waals surface area contributed by atoms with Gasteiger partial charge >= 0.3 is 5.16 Å². The van der Waals surface area contributed by atoms with Gasteiger partial charge in [-0.3, -0.25) is 10.1 Å². The Labute approximate surface area is 71.2 Å². The van der Waals surface area contributed by atoms with E-state index in [1.165, 1.54) is 6.08 Å². The molecule has 0 aromatic heterocycles. The van der Waals surface area contributed by atoms with Crippen LogP contribution in [0.15, 0.2) is 11.2 Å². The normalized spacial score (nSPS) is 11.6. The second-order valence-corrected chi connectivity index (χ2v) is 2.67. The molecular formula is C7H12ClNO2. The van der Waals surface area contributed by atoms with Gasteiger partial charge in [0, 0.05) is 6.08 Å². The highest BCUT2D eigenvalue weighted by atomic mass is 35.5. The molecular weight excluding hydrogens is 166 g/mol. The summed E-state index contributed by atoms with van der Waals surface area (Å²) in [7, 11) is 0. The van der Waals surface area contributed by atoms with E-state index in [1.807, 2.05) is 0 Å². The number of nitro groups is 1. The van der Waals surface area contributed by atoms with Gasteiger partial charge in [0.05, 0.1) is 4.92 Å². The van der Waals surface area contributed by atoms with Crippen LogP contribution in [0.4, 0.5) is 0 Å². The number of halogens is 1. The molecule has 0 bridgehead atoms. The van der Waals surface area contributed by atoms with Crippen LogP contribution in [-0.2, 0) is 0 Å². The molecule has 0 spiro atoms. The Morgan fingerprint density at radius 2 is 2.27 bits per heavy atom. The number of allylic oxidation sites excluding steroid dienone is 1. The maximum absolute atomic E-state index is 9.97. The molecule has 0 saturated heterocycles. The van der Waals surface area contributed by atoms with Gasteiger partial charge in [-0.25, -0.2) is 0 Å². The molecule has 0 fully saturated rings. The number of hydrogen-bond donors (Lipinski definition) is 0. The SMILES string of the molecule is CCCCC/C=C(\Cl)[N+](=O)[O-]. The number of hydrogen-bond acceptors (Lipinski definition) is 2. The minimum atomic E-state index is -0.576. The third kappa shape index (κ3) is 5.85. The van der Waals surface area contributed by atoms with Crippen molar-refractivity contribution >= 4 is 11.6 Å². The van der Waals surface area contributed by atoms with E-state index in [4.69, 9.17) is 11.6 Å². The van der Waals surface area contributed by atoms with Crippen LogP contribution < -0.4 is 0 Å². The van der Waals surface area contributed by atoms with Crippen molar-refractivity contribution in [1.29, 1.82) is 0 Å². The van der Waals surface area contributed by atoms with Gasteiger partial charge in [0.15, 0.2) is 0 Å². The molecule has 0 aliphatic heterocycles. The van der Waals surface area contributed by atoms with Crippen molar-refractivity contribution in [2.45, 2.75) is 32.6 Å². The summed E-state index contributed by atoms with van der Waals surface area (Å²) in [6.45, 7) is 2.08. The van der Waals surface area contributed by atoms with Crippen LogP contribution in [0.2, 0.25) is 0 Å². The van der Waals surface area contributed by atoms with Gasteiger partial charge < -0.3 is 0 Å².